The van der Waals surface area contributed by atoms with Crippen LogP contribution in [0.3, 0.4) is 0 Å². The van der Waals surface area contributed by atoms with Crippen molar-refractivity contribution in [1.29, 1.82) is 0 Å². The largest absolute Gasteiger partial charge is 0.495 e. The number of nitrogens with two attached hydrogens (primary N) is 1. The number of anilines is 2. The van der Waals surface area contributed by atoms with Gasteiger partial charge in [-0.15, -0.1) is 12.4 Å². The maximum atomic E-state index is 11.8. The monoisotopic (exact) mass is 285 g/mol. The molecule has 0 spiro atoms. The van der Waals surface area contributed by atoms with Gasteiger partial charge in [0.2, 0.25) is 11.8 Å². The smallest absolute Gasteiger partial charge is 0.246 e. The van der Waals surface area contributed by atoms with E-state index < -0.39 is 6.04 Å². The Balaban J connectivity index is 0.00000180. The van der Waals surface area contributed by atoms with Crippen LogP contribution in [0.4, 0.5) is 11.4 Å². The van der Waals surface area contributed by atoms with Gasteiger partial charge < -0.3 is 21.1 Å². The lowest BCUT2D eigenvalue weighted by Gasteiger charge is -2.12. The summed E-state index contributed by atoms with van der Waals surface area (Å²) in [5.74, 6) is 0.233. The SMILES string of the molecule is COc1ccc(NC(=O)[C@@H]2CCC(=O)N2)cc1N.Cl. The minimum atomic E-state index is -0.458. The zero-order chi connectivity index (χ0) is 13.1. The molecule has 19 heavy (non-hydrogen) atoms. The molecule has 1 fully saturated rings. The van der Waals surface area contributed by atoms with Gasteiger partial charge in [-0.2, -0.15) is 0 Å². The maximum Gasteiger partial charge on any atom is 0.246 e. The minimum Gasteiger partial charge on any atom is -0.495 e. The number of carbonyl (C=O) groups excluding carboxylic acids is 2. The van der Waals surface area contributed by atoms with Gasteiger partial charge >= 0.3 is 0 Å². The van der Waals surface area contributed by atoms with Crippen molar-refractivity contribution in [1.82, 2.24) is 5.32 Å². The Labute approximate surface area is 117 Å². The van der Waals surface area contributed by atoms with Gasteiger partial charge in [0.15, 0.2) is 0 Å². The highest BCUT2D eigenvalue weighted by atomic mass is 35.5. The summed E-state index contributed by atoms with van der Waals surface area (Å²) < 4.78 is 5.02. The molecule has 1 atom stereocenters. The summed E-state index contributed by atoms with van der Waals surface area (Å²) in [6.45, 7) is 0. The second kappa shape index (κ2) is 6.29. The number of rotatable bonds is 3. The van der Waals surface area contributed by atoms with Crippen LogP contribution in [0.25, 0.3) is 0 Å². The van der Waals surface area contributed by atoms with Crippen LogP contribution in [0.5, 0.6) is 5.75 Å². The number of hydrogen-bond donors (Lipinski definition) is 3. The molecule has 0 aliphatic carbocycles. The van der Waals surface area contributed by atoms with E-state index >= 15 is 0 Å². The second-order valence-electron chi connectivity index (χ2n) is 4.10. The van der Waals surface area contributed by atoms with Crippen molar-refractivity contribution < 1.29 is 14.3 Å². The number of methoxy groups -OCH3 is 1. The van der Waals surface area contributed by atoms with Gasteiger partial charge in [0.25, 0.3) is 0 Å². The van der Waals surface area contributed by atoms with Gasteiger partial charge in [0.05, 0.1) is 12.8 Å². The Hall–Kier alpha value is -1.95. The van der Waals surface area contributed by atoms with Crippen molar-refractivity contribution in [2.75, 3.05) is 18.2 Å². The molecule has 104 valence electrons. The summed E-state index contributed by atoms with van der Waals surface area (Å²) in [5.41, 5.74) is 6.77. The van der Waals surface area contributed by atoms with E-state index in [4.69, 9.17) is 10.5 Å². The minimum absolute atomic E-state index is 0. The molecule has 7 heteroatoms. The van der Waals surface area contributed by atoms with Gasteiger partial charge in [0, 0.05) is 12.1 Å². The van der Waals surface area contributed by atoms with Crippen LogP contribution in [-0.2, 0) is 9.59 Å². The molecule has 2 amide bonds. The van der Waals surface area contributed by atoms with E-state index in [-0.39, 0.29) is 24.2 Å². The third-order valence-corrected chi connectivity index (χ3v) is 2.81. The fraction of sp³-hybridized carbons (Fsp3) is 0.333. The van der Waals surface area contributed by atoms with Crippen LogP contribution in [0.15, 0.2) is 18.2 Å². The fourth-order valence-corrected chi connectivity index (χ4v) is 1.85. The highest BCUT2D eigenvalue weighted by Gasteiger charge is 2.27. The average Bonchev–Trinajstić information content (AvgIpc) is 2.76. The molecule has 0 bridgehead atoms. The van der Waals surface area contributed by atoms with Crippen LogP contribution in [-0.4, -0.2) is 25.0 Å². The number of hydrogen-bond acceptors (Lipinski definition) is 4. The first kappa shape index (κ1) is 15.1. The van der Waals surface area contributed by atoms with Crippen LogP contribution in [0, 0.1) is 0 Å². The number of benzene rings is 1. The van der Waals surface area contributed by atoms with Crippen molar-refractivity contribution >= 4 is 35.6 Å². The second-order valence-corrected chi connectivity index (χ2v) is 4.10. The Morgan fingerprint density at radius 2 is 2.26 bits per heavy atom. The van der Waals surface area contributed by atoms with E-state index in [1.807, 2.05) is 0 Å². The molecule has 1 aliphatic rings. The van der Waals surface area contributed by atoms with Crippen molar-refractivity contribution in [2.24, 2.45) is 0 Å². The van der Waals surface area contributed by atoms with Crippen LogP contribution >= 0.6 is 12.4 Å². The third-order valence-electron chi connectivity index (χ3n) is 2.81. The molecule has 6 nitrogen and oxygen atoms in total. The first-order valence-electron chi connectivity index (χ1n) is 5.64. The number of ether oxygens (including phenoxy) is 1. The highest BCUT2D eigenvalue weighted by molar-refractivity contribution is 5.99. The summed E-state index contributed by atoms with van der Waals surface area (Å²) in [6, 6.07) is 4.54. The molecule has 1 saturated heterocycles. The van der Waals surface area contributed by atoms with Crippen LogP contribution in [0.2, 0.25) is 0 Å². The highest BCUT2D eigenvalue weighted by Crippen LogP contribution is 2.24. The van der Waals surface area contributed by atoms with Gasteiger partial charge in [-0.1, -0.05) is 0 Å². The molecular weight excluding hydrogens is 270 g/mol. The molecule has 2 rings (SSSR count). The lowest BCUT2D eigenvalue weighted by atomic mass is 10.2. The molecular formula is C12H16ClN3O3. The van der Waals surface area contributed by atoms with Gasteiger partial charge in [-0.25, -0.2) is 0 Å². The van der Waals surface area contributed by atoms with E-state index in [1.165, 1.54) is 7.11 Å². The van der Waals surface area contributed by atoms with Crippen molar-refractivity contribution in [3.63, 3.8) is 0 Å². The number of nitrogens with one attached hydrogen (secondary N) is 2. The molecule has 0 aromatic heterocycles. The van der Waals surface area contributed by atoms with Crippen LogP contribution in [0.1, 0.15) is 12.8 Å². The van der Waals surface area contributed by atoms with Crippen molar-refractivity contribution in [3.05, 3.63) is 18.2 Å². The van der Waals surface area contributed by atoms with E-state index in [0.717, 1.165) is 0 Å². The molecule has 1 aromatic carbocycles. The molecule has 1 heterocycles. The molecule has 0 unspecified atom stereocenters. The zero-order valence-corrected chi connectivity index (χ0v) is 11.3. The Kier molecular flexibility index (Phi) is 5.00. The first-order chi connectivity index (χ1) is 8.60. The van der Waals surface area contributed by atoms with Gasteiger partial charge in [-0.05, 0) is 24.6 Å². The van der Waals surface area contributed by atoms with E-state index in [2.05, 4.69) is 10.6 Å². The quantitative estimate of drug-likeness (QED) is 0.720. The summed E-state index contributed by atoms with van der Waals surface area (Å²) >= 11 is 0. The Bertz CT molecular complexity index is 493. The topological polar surface area (TPSA) is 93.4 Å². The number of nitrogen functional groups attached to an aromatic ring is 1. The number of halogens is 1. The van der Waals surface area contributed by atoms with E-state index in [9.17, 15) is 9.59 Å². The standard InChI is InChI=1S/C12H15N3O3.ClH/c1-18-10-4-2-7(6-8(10)13)14-12(17)9-3-5-11(16)15-9;/h2,4,6,9H,3,5,13H2,1H3,(H,14,17)(H,15,16);1H/t9-;/m0./s1. The van der Waals surface area contributed by atoms with Crippen LogP contribution < -0.4 is 21.1 Å². The summed E-state index contributed by atoms with van der Waals surface area (Å²) in [4.78, 5) is 22.8. The summed E-state index contributed by atoms with van der Waals surface area (Å²) in [6.07, 6.45) is 0.916. The first-order valence-corrected chi connectivity index (χ1v) is 5.64. The predicted octanol–water partition coefficient (Wildman–Crippen LogP) is 0.916. The average molecular weight is 286 g/mol. The Morgan fingerprint density at radius 3 is 2.79 bits per heavy atom. The zero-order valence-electron chi connectivity index (χ0n) is 10.4. The molecule has 4 N–H and O–H groups in total. The predicted molar refractivity (Wildman–Crippen MR) is 74.4 cm³/mol. The number of amides is 2. The summed E-state index contributed by atoms with van der Waals surface area (Å²) in [7, 11) is 1.53. The van der Waals surface area contributed by atoms with Gasteiger partial charge in [0.1, 0.15) is 11.8 Å². The lowest BCUT2D eigenvalue weighted by Crippen LogP contribution is -2.37. The summed E-state index contributed by atoms with van der Waals surface area (Å²) in [5, 5.41) is 5.31. The maximum absolute atomic E-state index is 11.8. The van der Waals surface area contributed by atoms with E-state index in [1.54, 1.807) is 18.2 Å². The fourth-order valence-electron chi connectivity index (χ4n) is 1.85. The molecule has 0 saturated carbocycles. The number of carbonyl (C=O) groups is 2. The normalized spacial score (nSPS) is 17.3. The Morgan fingerprint density at radius 1 is 1.53 bits per heavy atom. The van der Waals surface area contributed by atoms with Crippen molar-refractivity contribution in [3.8, 4) is 5.75 Å². The molecule has 1 aliphatic heterocycles. The van der Waals surface area contributed by atoms with Crippen molar-refractivity contribution in [2.45, 2.75) is 18.9 Å². The molecule has 1 aromatic rings. The van der Waals surface area contributed by atoms with Gasteiger partial charge in [-0.3, -0.25) is 9.59 Å². The molecule has 0 radical (unpaired) electrons. The van der Waals surface area contributed by atoms with E-state index in [0.29, 0.717) is 30.0 Å². The third kappa shape index (κ3) is 3.51. The lowest BCUT2D eigenvalue weighted by molar-refractivity contribution is -0.122.